The van der Waals surface area contributed by atoms with Crippen LogP contribution in [0.4, 0.5) is 5.82 Å². The largest absolute Gasteiger partial charge is 0.395 e. The van der Waals surface area contributed by atoms with Crippen molar-refractivity contribution in [2.45, 2.75) is 45.6 Å². The van der Waals surface area contributed by atoms with Crippen LogP contribution in [0.25, 0.3) is 11.5 Å². The highest BCUT2D eigenvalue weighted by Crippen LogP contribution is 2.30. The van der Waals surface area contributed by atoms with E-state index < -0.39 is 0 Å². The van der Waals surface area contributed by atoms with Crippen molar-refractivity contribution in [1.82, 2.24) is 20.3 Å². The summed E-state index contributed by atoms with van der Waals surface area (Å²) < 4.78 is 0. The van der Waals surface area contributed by atoms with E-state index in [4.69, 9.17) is 9.97 Å². The first-order valence-corrected chi connectivity index (χ1v) is 9.35. The number of nitrogens with one attached hydrogen (secondary N) is 1. The molecule has 1 aliphatic rings. The molecule has 1 amide bonds. The lowest BCUT2D eigenvalue weighted by Gasteiger charge is -2.27. The number of amides is 1. The van der Waals surface area contributed by atoms with Crippen molar-refractivity contribution in [2.75, 3.05) is 24.6 Å². The van der Waals surface area contributed by atoms with Crippen molar-refractivity contribution < 1.29 is 9.90 Å². The van der Waals surface area contributed by atoms with Crippen LogP contribution in [0, 0.1) is 0 Å². The Morgan fingerprint density at radius 1 is 1.26 bits per heavy atom. The first-order chi connectivity index (χ1) is 12.9. The van der Waals surface area contributed by atoms with Crippen LogP contribution in [0.5, 0.6) is 0 Å². The summed E-state index contributed by atoms with van der Waals surface area (Å²) in [5.41, 5.74) is 2.48. The Balaban J connectivity index is 1.96. The number of hydrogen-bond donors (Lipinski definition) is 2. The monoisotopic (exact) mass is 369 g/mol. The molecule has 0 saturated carbocycles. The van der Waals surface area contributed by atoms with Crippen molar-refractivity contribution in [2.24, 2.45) is 0 Å². The summed E-state index contributed by atoms with van der Waals surface area (Å²) in [6.07, 6.45) is 4.51. The molecule has 0 atom stereocenters. The maximum absolute atomic E-state index is 12.5. The van der Waals surface area contributed by atoms with Gasteiger partial charge in [0.05, 0.1) is 13.2 Å². The molecule has 2 aromatic rings. The standard InChI is InChI=1S/C20H27N5O2/c1-20(2,3)24-17(27)13-25(11-12-26)19-14-7-6-9-15(14)22-18(23-19)16-8-4-5-10-21-16/h4-5,8,10,26H,6-7,9,11-13H2,1-3H3,(H,24,27). The van der Waals surface area contributed by atoms with Gasteiger partial charge in [-0.3, -0.25) is 9.78 Å². The van der Waals surface area contributed by atoms with Crippen molar-refractivity contribution in [1.29, 1.82) is 0 Å². The maximum Gasteiger partial charge on any atom is 0.239 e. The van der Waals surface area contributed by atoms with Crippen LogP contribution >= 0.6 is 0 Å². The van der Waals surface area contributed by atoms with Gasteiger partial charge in [0, 0.05) is 29.5 Å². The number of aryl methyl sites for hydroxylation is 1. The number of carbonyl (C=O) groups is 1. The van der Waals surface area contributed by atoms with E-state index in [1.807, 2.05) is 43.9 Å². The van der Waals surface area contributed by atoms with Gasteiger partial charge < -0.3 is 15.3 Å². The molecule has 2 aromatic heterocycles. The SMILES string of the molecule is CC(C)(C)NC(=O)CN(CCO)c1nc(-c2ccccn2)nc2c1CCC2. The summed E-state index contributed by atoms with van der Waals surface area (Å²) in [6.45, 7) is 6.26. The fourth-order valence-corrected chi connectivity index (χ4v) is 3.30. The number of hydrogen-bond acceptors (Lipinski definition) is 6. The van der Waals surface area contributed by atoms with E-state index in [1.54, 1.807) is 6.20 Å². The van der Waals surface area contributed by atoms with Gasteiger partial charge in [-0.05, 0) is 52.2 Å². The maximum atomic E-state index is 12.5. The van der Waals surface area contributed by atoms with Crippen LogP contribution in [0.1, 0.15) is 38.4 Å². The lowest BCUT2D eigenvalue weighted by molar-refractivity contribution is -0.121. The summed E-state index contributed by atoms with van der Waals surface area (Å²) >= 11 is 0. The molecule has 7 nitrogen and oxygen atoms in total. The minimum Gasteiger partial charge on any atom is -0.395 e. The molecule has 27 heavy (non-hydrogen) atoms. The number of rotatable bonds is 6. The van der Waals surface area contributed by atoms with Gasteiger partial charge in [-0.15, -0.1) is 0 Å². The third-order valence-corrected chi connectivity index (χ3v) is 4.32. The van der Waals surface area contributed by atoms with E-state index in [9.17, 15) is 9.90 Å². The van der Waals surface area contributed by atoms with Gasteiger partial charge in [-0.2, -0.15) is 0 Å². The molecular weight excluding hydrogens is 342 g/mol. The van der Waals surface area contributed by atoms with Gasteiger partial charge in [0.15, 0.2) is 5.82 Å². The number of aliphatic hydroxyl groups is 1. The van der Waals surface area contributed by atoms with E-state index in [1.165, 1.54) is 0 Å². The average molecular weight is 369 g/mol. The second-order valence-corrected chi connectivity index (χ2v) is 7.81. The molecule has 0 radical (unpaired) electrons. The zero-order valence-electron chi connectivity index (χ0n) is 16.2. The number of fused-ring (bicyclic) bond motifs is 1. The lowest BCUT2D eigenvalue weighted by Crippen LogP contribution is -2.47. The zero-order chi connectivity index (χ0) is 19.4. The molecule has 2 heterocycles. The van der Waals surface area contributed by atoms with Crippen LogP contribution in [0.15, 0.2) is 24.4 Å². The van der Waals surface area contributed by atoms with E-state index in [-0.39, 0.29) is 24.6 Å². The molecule has 0 aromatic carbocycles. The summed E-state index contributed by atoms with van der Waals surface area (Å²) in [5, 5.41) is 12.5. The van der Waals surface area contributed by atoms with E-state index in [2.05, 4.69) is 10.3 Å². The Morgan fingerprint density at radius 2 is 2.07 bits per heavy atom. The lowest BCUT2D eigenvalue weighted by atomic mass is 10.1. The molecule has 0 spiro atoms. The number of nitrogens with zero attached hydrogens (tertiary/aromatic N) is 4. The molecule has 0 fully saturated rings. The van der Waals surface area contributed by atoms with Gasteiger partial charge in [-0.1, -0.05) is 6.07 Å². The van der Waals surface area contributed by atoms with E-state index in [0.717, 1.165) is 36.3 Å². The van der Waals surface area contributed by atoms with Crippen molar-refractivity contribution in [3.8, 4) is 11.5 Å². The van der Waals surface area contributed by atoms with Gasteiger partial charge in [-0.25, -0.2) is 9.97 Å². The molecule has 0 bridgehead atoms. The van der Waals surface area contributed by atoms with Gasteiger partial charge >= 0.3 is 0 Å². The number of pyridine rings is 1. The Morgan fingerprint density at radius 3 is 2.74 bits per heavy atom. The number of aromatic nitrogens is 3. The zero-order valence-corrected chi connectivity index (χ0v) is 16.2. The van der Waals surface area contributed by atoms with Crippen LogP contribution in [0.3, 0.4) is 0 Å². The molecule has 0 aliphatic heterocycles. The summed E-state index contributed by atoms with van der Waals surface area (Å²) in [5.74, 6) is 1.20. The Labute approximate surface area is 159 Å². The molecule has 3 rings (SSSR count). The van der Waals surface area contributed by atoms with Crippen LogP contribution in [-0.2, 0) is 17.6 Å². The molecule has 7 heteroatoms. The predicted molar refractivity (Wildman–Crippen MR) is 104 cm³/mol. The normalized spacial score (nSPS) is 13.3. The first kappa shape index (κ1) is 19.2. The highest BCUT2D eigenvalue weighted by molar-refractivity contribution is 5.82. The second-order valence-electron chi connectivity index (χ2n) is 7.81. The Bertz CT molecular complexity index is 802. The summed E-state index contributed by atoms with van der Waals surface area (Å²) in [6, 6.07) is 5.64. The van der Waals surface area contributed by atoms with E-state index >= 15 is 0 Å². The van der Waals surface area contributed by atoms with Gasteiger partial charge in [0.2, 0.25) is 5.91 Å². The highest BCUT2D eigenvalue weighted by atomic mass is 16.3. The summed E-state index contributed by atoms with van der Waals surface area (Å²) in [7, 11) is 0. The smallest absolute Gasteiger partial charge is 0.239 e. The number of carbonyl (C=O) groups excluding carboxylic acids is 1. The minimum atomic E-state index is -0.311. The fraction of sp³-hybridized carbons (Fsp3) is 0.500. The van der Waals surface area contributed by atoms with Crippen LogP contribution < -0.4 is 10.2 Å². The Hall–Kier alpha value is -2.54. The van der Waals surface area contributed by atoms with Gasteiger partial charge in [0.25, 0.3) is 0 Å². The average Bonchev–Trinajstić information content (AvgIpc) is 3.08. The Kier molecular flexibility index (Phi) is 5.70. The quantitative estimate of drug-likeness (QED) is 0.806. The number of aliphatic hydroxyl groups excluding tert-OH is 1. The molecule has 0 unspecified atom stereocenters. The first-order valence-electron chi connectivity index (χ1n) is 9.35. The molecule has 0 saturated heterocycles. The van der Waals surface area contributed by atoms with Gasteiger partial charge in [0.1, 0.15) is 11.5 Å². The number of anilines is 1. The predicted octanol–water partition coefficient (Wildman–Crippen LogP) is 1.74. The van der Waals surface area contributed by atoms with Crippen molar-refractivity contribution >= 4 is 11.7 Å². The fourth-order valence-electron chi connectivity index (χ4n) is 3.30. The van der Waals surface area contributed by atoms with E-state index in [0.29, 0.717) is 18.1 Å². The van der Waals surface area contributed by atoms with Crippen LogP contribution in [0.2, 0.25) is 0 Å². The minimum absolute atomic E-state index is 0.0551. The van der Waals surface area contributed by atoms with Crippen LogP contribution in [-0.4, -0.2) is 51.2 Å². The second kappa shape index (κ2) is 8.00. The molecular formula is C20H27N5O2. The van der Waals surface area contributed by atoms with Crippen molar-refractivity contribution in [3.05, 3.63) is 35.7 Å². The third kappa shape index (κ3) is 4.80. The summed E-state index contributed by atoms with van der Waals surface area (Å²) in [4.78, 5) is 28.1. The topological polar surface area (TPSA) is 91.2 Å². The highest BCUT2D eigenvalue weighted by Gasteiger charge is 2.25. The molecule has 144 valence electrons. The molecule has 1 aliphatic carbocycles. The molecule has 2 N–H and O–H groups in total. The third-order valence-electron chi connectivity index (χ3n) is 4.32. The van der Waals surface area contributed by atoms with Crippen molar-refractivity contribution in [3.63, 3.8) is 0 Å².